The number of thiophene rings is 1. The van der Waals surface area contributed by atoms with Gasteiger partial charge in [0.05, 0.1) is 17.6 Å². The van der Waals surface area contributed by atoms with Crippen molar-refractivity contribution in [2.45, 2.75) is 6.92 Å². The molecule has 0 bridgehead atoms. The second kappa shape index (κ2) is 4.47. The van der Waals surface area contributed by atoms with Gasteiger partial charge in [-0.3, -0.25) is 0 Å². The van der Waals surface area contributed by atoms with Gasteiger partial charge in [-0.1, -0.05) is 0 Å². The third-order valence-corrected chi connectivity index (χ3v) is 3.72. The van der Waals surface area contributed by atoms with Crippen LogP contribution in [0.4, 0.5) is 0 Å². The first-order valence-corrected chi connectivity index (χ1v) is 6.50. The average molecular weight is 273 g/mol. The average Bonchev–Trinajstić information content (AvgIpc) is 3.02. The number of aromatic nitrogens is 3. The van der Waals surface area contributed by atoms with Crippen molar-refractivity contribution in [2.24, 2.45) is 0 Å². The molecule has 0 fully saturated rings. The van der Waals surface area contributed by atoms with Crippen molar-refractivity contribution in [3.63, 3.8) is 0 Å². The second-order valence-electron chi connectivity index (χ2n) is 4.06. The molecule has 3 aromatic heterocycles. The lowest BCUT2D eigenvalue weighted by Crippen LogP contribution is -2.02. The number of aryl methyl sites for hydroxylation is 1. The van der Waals surface area contributed by atoms with Crippen LogP contribution in [0.2, 0.25) is 0 Å². The number of esters is 1. The normalized spacial score (nSPS) is 10.8. The summed E-state index contributed by atoms with van der Waals surface area (Å²) < 4.78 is 6.34. The maximum Gasteiger partial charge on any atom is 0.338 e. The van der Waals surface area contributed by atoms with Crippen molar-refractivity contribution < 1.29 is 9.53 Å². The molecule has 3 rings (SSSR count). The molecule has 0 aliphatic rings. The molecule has 5 nitrogen and oxygen atoms in total. The lowest BCUT2D eigenvalue weighted by atomic mass is 10.3. The molecule has 0 unspecified atom stereocenters. The van der Waals surface area contributed by atoms with Crippen molar-refractivity contribution in [1.29, 1.82) is 0 Å². The Kier molecular flexibility index (Phi) is 2.79. The van der Waals surface area contributed by atoms with Gasteiger partial charge in [0.1, 0.15) is 0 Å². The van der Waals surface area contributed by atoms with E-state index in [1.54, 1.807) is 34.2 Å². The summed E-state index contributed by atoms with van der Waals surface area (Å²) in [6.45, 7) is 2.04. The molecule has 0 amide bonds. The number of ether oxygens (including phenoxy) is 1. The molecular formula is C13H11N3O2S. The highest BCUT2D eigenvalue weighted by Crippen LogP contribution is 2.25. The van der Waals surface area contributed by atoms with E-state index < -0.39 is 0 Å². The Morgan fingerprint density at radius 1 is 1.37 bits per heavy atom. The predicted molar refractivity (Wildman–Crippen MR) is 72.4 cm³/mol. The summed E-state index contributed by atoms with van der Waals surface area (Å²) in [6, 6.07) is 7.36. The molecule has 0 atom stereocenters. The molecule has 0 aliphatic carbocycles. The van der Waals surface area contributed by atoms with Gasteiger partial charge in [-0.05, 0) is 31.2 Å². The van der Waals surface area contributed by atoms with Crippen LogP contribution in [-0.4, -0.2) is 27.7 Å². The van der Waals surface area contributed by atoms with E-state index in [-0.39, 0.29) is 5.97 Å². The first kappa shape index (κ1) is 11.9. The summed E-state index contributed by atoms with van der Waals surface area (Å²) >= 11 is 1.64. The maximum absolute atomic E-state index is 11.5. The molecule has 0 spiro atoms. The zero-order chi connectivity index (χ0) is 13.4. The number of hydrogen-bond donors (Lipinski definition) is 0. The van der Waals surface area contributed by atoms with E-state index in [9.17, 15) is 4.79 Å². The molecule has 0 radical (unpaired) electrons. The van der Waals surface area contributed by atoms with E-state index in [1.165, 1.54) is 12.0 Å². The minimum atomic E-state index is -0.376. The zero-order valence-corrected chi connectivity index (χ0v) is 11.3. The number of pyridine rings is 1. The molecule has 19 heavy (non-hydrogen) atoms. The van der Waals surface area contributed by atoms with Gasteiger partial charge in [-0.2, -0.15) is 0 Å². The number of carbonyl (C=O) groups excluding carboxylic acids is 1. The molecule has 96 valence electrons. The van der Waals surface area contributed by atoms with Crippen molar-refractivity contribution in [1.82, 2.24) is 14.6 Å². The first-order chi connectivity index (χ1) is 9.17. The van der Waals surface area contributed by atoms with Gasteiger partial charge in [0.15, 0.2) is 11.5 Å². The smallest absolute Gasteiger partial charge is 0.338 e. The third kappa shape index (κ3) is 2.10. The van der Waals surface area contributed by atoms with Gasteiger partial charge in [0, 0.05) is 11.1 Å². The Labute approximate surface area is 113 Å². The van der Waals surface area contributed by atoms with Crippen molar-refractivity contribution >= 4 is 23.0 Å². The molecule has 0 saturated carbocycles. The van der Waals surface area contributed by atoms with Crippen LogP contribution in [0.1, 0.15) is 15.2 Å². The summed E-state index contributed by atoms with van der Waals surface area (Å²) in [7, 11) is 1.36. The van der Waals surface area contributed by atoms with E-state index in [0.717, 1.165) is 4.88 Å². The largest absolute Gasteiger partial charge is 0.465 e. The highest BCUT2D eigenvalue weighted by molar-refractivity contribution is 7.15. The number of nitrogens with zero attached hydrogens (tertiary/aromatic N) is 3. The van der Waals surface area contributed by atoms with Crippen molar-refractivity contribution in [3.05, 3.63) is 40.9 Å². The fourth-order valence-corrected chi connectivity index (χ4v) is 2.58. The summed E-state index contributed by atoms with van der Waals surface area (Å²) in [4.78, 5) is 18.1. The predicted octanol–water partition coefficient (Wildman–Crippen LogP) is 2.55. The third-order valence-electron chi connectivity index (χ3n) is 2.72. The van der Waals surface area contributed by atoms with Crippen LogP contribution in [0.25, 0.3) is 16.3 Å². The minimum absolute atomic E-state index is 0.376. The Balaban J connectivity index is 2.08. The zero-order valence-electron chi connectivity index (χ0n) is 10.5. The minimum Gasteiger partial charge on any atom is -0.465 e. The fraction of sp³-hybridized carbons (Fsp3) is 0.154. The lowest BCUT2D eigenvalue weighted by molar-refractivity contribution is 0.0600. The van der Waals surface area contributed by atoms with E-state index in [4.69, 9.17) is 0 Å². The van der Waals surface area contributed by atoms with Gasteiger partial charge >= 0.3 is 5.97 Å². The molecule has 6 heteroatoms. The Morgan fingerprint density at radius 2 is 2.21 bits per heavy atom. The topological polar surface area (TPSA) is 56.5 Å². The second-order valence-corrected chi connectivity index (χ2v) is 5.34. The number of rotatable bonds is 2. The standard InChI is InChI=1S/C13H11N3O2S/c1-8-3-4-10(19-8)12-14-11-7-9(13(17)18-2)5-6-16(11)15-12/h3-7H,1-2H3. The Hall–Kier alpha value is -2.21. The van der Waals surface area contributed by atoms with E-state index >= 15 is 0 Å². The van der Waals surface area contributed by atoms with Crippen molar-refractivity contribution in [3.8, 4) is 10.7 Å². The SMILES string of the molecule is COC(=O)c1ccn2nc(-c3ccc(C)s3)nc2c1. The molecule has 0 N–H and O–H groups in total. The van der Waals surface area contributed by atoms with Gasteiger partial charge in [-0.15, -0.1) is 16.4 Å². The van der Waals surface area contributed by atoms with Crippen LogP contribution in [0.5, 0.6) is 0 Å². The molecule has 3 heterocycles. The number of carbonyl (C=O) groups is 1. The molecular weight excluding hydrogens is 262 g/mol. The monoisotopic (exact) mass is 273 g/mol. The van der Waals surface area contributed by atoms with Gasteiger partial charge in [0.25, 0.3) is 0 Å². The van der Waals surface area contributed by atoms with Crippen molar-refractivity contribution in [2.75, 3.05) is 7.11 Å². The van der Waals surface area contributed by atoms with Gasteiger partial charge in [-0.25, -0.2) is 14.3 Å². The summed E-state index contributed by atoms with van der Waals surface area (Å²) in [6.07, 6.45) is 1.71. The summed E-state index contributed by atoms with van der Waals surface area (Å²) in [5.74, 6) is 0.291. The number of hydrogen-bond acceptors (Lipinski definition) is 5. The summed E-state index contributed by atoms with van der Waals surface area (Å²) in [5.41, 5.74) is 1.10. The van der Waals surface area contributed by atoms with Gasteiger partial charge in [0.2, 0.25) is 0 Å². The van der Waals surface area contributed by atoms with Crippen LogP contribution in [0, 0.1) is 6.92 Å². The van der Waals surface area contributed by atoms with Gasteiger partial charge < -0.3 is 4.74 Å². The van der Waals surface area contributed by atoms with Crippen LogP contribution < -0.4 is 0 Å². The van der Waals surface area contributed by atoms with Crippen LogP contribution in [-0.2, 0) is 4.74 Å². The molecule has 0 aromatic carbocycles. The first-order valence-electron chi connectivity index (χ1n) is 5.69. The molecule has 0 aliphatic heterocycles. The summed E-state index contributed by atoms with van der Waals surface area (Å²) in [5, 5.41) is 4.39. The Bertz CT molecular complexity index is 760. The quantitative estimate of drug-likeness (QED) is 0.673. The van der Waals surface area contributed by atoms with Crippen LogP contribution in [0.3, 0.4) is 0 Å². The highest BCUT2D eigenvalue weighted by atomic mass is 32.1. The van der Waals surface area contributed by atoms with E-state index in [2.05, 4.69) is 14.8 Å². The highest BCUT2D eigenvalue weighted by Gasteiger charge is 2.11. The molecule has 3 aromatic rings. The Morgan fingerprint density at radius 3 is 2.89 bits per heavy atom. The van der Waals surface area contributed by atoms with E-state index in [0.29, 0.717) is 17.0 Å². The fourth-order valence-electron chi connectivity index (χ4n) is 1.79. The number of fused-ring (bicyclic) bond motifs is 1. The lowest BCUT2D eigenvalue weighted by Gasteiger charge is -1.97. The van der Waals surface area contributed by atoms with Crippen LogP contribution in [0.15, 0.2) is 30.5 Å². The maximum atomic E-state index is 11.5. The van der Waals surface area contributed by atoms with E-state index in [1.807, 2.05) is 19.1 Å². The molecule has 0 saturated heterocycles. The number of methoxy groups -OCH3 is 1. The van der Waals surface area contributed by atoms with Crippen LogP contribution >= 0.6 is 11.3 Å².